The van der Waals surface area contributed by atoms with Crippen molar-refractivity contribution < 1.29 is 17.6 Å². The quantitative estimate of drug-likeness (QED) is 0.885. The predicted molar refractivity (Wildman–Crippen MR) is 81.6 cm³/mol. The van der Waals surface area contributed by atoms with Crippen molar-refractivity contribution in [3.05, 3.63) is 42.5 Å². The molecule has 1 atom stereocenters. The van der Waals surface area contributed by atoms with Crippen LogP contribution in [0.4, 0.5) is 11.5 Å². The molecule has 3 heterocycles. The summed E-state index contributed by atoms with van der Waals surface area (Å²) >= 11 is 0. The third kappa shape index (κ3) is 3.45. The minimum atomic E-state index is -2.92. The Hall–Kier alpha value is -2.35. The number of sulfone groups is 1. The number of anilines is 2. The van der Waals surface area contributed by atoms with Crippen LogP contribution in [0.5, 0.6) is 0 Å². The lowest BCUT2D eigenvalue weighted by molar-refractivity contribution is 0.0996. The molecule has 1 aliphatic heterocycles. The molecule has 0 bridgehead atoms. The third-order valence-corrected chi connectivity index (χ3v) is 5.12. The molecule has 0 saturated carbocycles. The van der Waals surface area contributed by atoms with E-state index in [-0.39, 0.29) is 29.2 Å². The molecule has 2 aromatic heterocycles. The largest absolute Gasteiger partial charge is 0.459 e. The van der Waals surface area contributed by atoms with E-state index in [9.17, 15) is 13.2 Å². The molecule has 116 valence electrons. The van der Waals surface area contributed by atoms with Gasteiger partial charge in [0.15, 0.2) is 15.6 Å². The van der Waals surface area contributed by atoms with Crippen LogP contribution in [-0.2, 0) is 9.84 Å². The van der Waals surface area contributed by atoms with Gasteiger partial charge in [-0.2, -0.15) is 0 Å². The number of carbonyl (C=O) groups is 1. The molecule has 3 rings (SSSR count). The summed E-state index contributed by atoms with van der Waals surface area (Å²) in [5.74, 6) is 0.588. The first kappa shape index (κ1) is 14.6. The maximum absolute atomic E-state index is 11.8. The van der Waals surface area contributed by atoms with Crippen molar-refractivity contribution >= 4 is 27.2 Å². The summed E-state index contributed by atoms with van der Waals surface area (Å²) in [4.78, 5) is 15.9. The molecule has 1 aliphatic rings. The summed E-state index contributed by atoms with van der Waals surface area (Å²) in [6, 6.07) is 6.49. The van der Waals surface area contributed by atoms with Crippen LogP contribution in [0.15, 0.2) is 41.1 Å². The second-order valence-electron chi connectivity index (χ2n) is 5.11. The van der Waals surface area contributed by atoms with Crippen LogP contribution in [0, 0.1) is 0 Å². The summed E-state index contributed by atoms with van der Waals surface area (Å²) < 4.78 is 27.8. The molecule has 2 N–H and O–H groups in total. The van der Waals surface area contributed by atoms with Gasteiger partial charge in [-0.25, -0.2) is 13.4 Å². The van der Waals surface area contributed by atoms with Crippen molar-refractivity contribution in [2.24, 2.45) is 0 Å². The fourth-order valence-corrected chi connectivity index (χ4v) is 3.96. The molecule has 0 aromatic carbocycles. The van der Waals surface area contributed by atoms with E-state index in [2.05, 4.69) is 15.6 Å². The molecular formula is C14H15N3O4S. The van der Waals surface area contributed by atoms with Crippen LogP contribution in [0.2, 0.25) is 0 Å². The summed E-state index contributed by atoms with van der Waals surface area (Å²) in [5, 5.41) is 5.74. The second-order valence-corrected chi connectivity index (χ2v) is 7.34. The highest BCUT2D eigenvalue weighted by Crippen LogP contribution is 2.18. The number of carbonyl (C=O) groups excluding carboxylic acids is 1. The van der Waals surface area contributed by atoms with Crippen molar-refractivity contribution in [1.29, 1.82) is 0 Å². The highest BCUT2D eigenvalue weighted by atomic mass is 32.2. The number of furan rings is 1. The number of amides is 1. The molecule has 1 unspecified atom stereocenters. The summed E-state index contributed by atoms with van der Waals surface area (Å²) in [7, 11) is -2.92. The Morgan fingerprint density at radius 2 is 2.18 bits per heavy atom. The van der Waals surface area contributed by atoms with E-state index >= 15 is 0 Å². The molecule has 2 aromatic rings. The number of nitrogens with one attached hydrogen (secondary N) is 2. The number of nitrogens with zero attached hydrogens (tertiary/aromatic N) is 1. The van der Waals surface area contributed by atoms with E-state index in [4.69, 9.17) is 4.42 Å². The van der Waals surface area contributed by atoms with Crippen molar-refractivity contribution in [3.63, 3.8) is 0 Å². The normalized spacial score (nSPS) is 19.7. The number of hydrogen-bond acceptors (Lipinski definition) is 6. The fourth-order valence-electron chi connectivity index (χ4n) is 2.28. The zero-order valence-corrected chi connectivity index (χ0v) is 12.5. The summed E-state index contributed by atoms with van der Waals surface area (Å²) in [6.07, 6.45) is 3.58. The lowest BCUT2D eigenvalue weighted by Crippen LogP contribution is -2.20. The van der Waals surface area contributed by atoms with Crippen LogP contribution in [-0.4, -0.2) is 36.9 Å². The van der Waals surface area contributed by atoms with Gasteiger partial charge in [-0.15, -0.1) is 0 Å². The molecule has 22 heavy (non-hydrogen) atoms. The molecule has 8 heteroatoms. The van der Waals surface area contributed by atoms with E-state index in [1.54, 1.807) is 30.5 Å². The SMILES string of the molecule is O=C(Nc1ccc(NC2CCS(=O)(=O)C2)cn1)c1ccco1. The topological polar surface area (TPSA) is 101 Å². The molecule has 0 radical (unpaired) electrons. The molecule has 7 nitrogen and oxygen atoms in total. The van der Waals surface area contributed by atoms with Gasteiger partial charge in [-0.1, -0.05) is 0 Å². The summed E-state index contributed by atoms with van der Waals surface area (Å²) in [6.45, 7) is 0. The minimum absolute atomic E-state index is 0.0876. The van der Waals surface area contributed by atoms with Gasteiger partial charge in [-0.3, -0.25) is 4.79 Å². The number of aromatic nitrogens is 1. The van der Waals surface area contributed by atoms with Crippen molar-refractivity contribution in [1.82, 2.24) is 4.98 Å². The molecule has 1 amide bonds. The number of pyridine rings is 1. The van der Waals surface area contributed by atoms with Gasteiger partial charge >= 0.3 is 0 Å². The van der Waals surface area contributed by atoms with Crippen molar-refractivity contribution in [3.8, 4) is 0 Å². The molecule has 0 aliphatic carbocycles. The maximum Gasteiger partial charge on any atom is 0.292 e. The lowest BCUT2D eigenvalue weighted by atomic mass is 10.2. The molecule has 0 spiro atoms. The maximum atomic E-state index is 11.8. The molecular weight excluding hydrogens is 306 g/mol. The highest BCUT2D eigenvalue weighted by molar-refractivity contribution is 7.91. The van der Waals surface area contributed by atoms with Crippen molar-refractivity contribution in [2.75, 3.05) is 22.1 Å². The number of hydrogen-bond donors (Lipinski definition) is 2. The zero-order valence-electron chi connectivity index (χ0n) is 11.7. The minimum Gasteiger partial charge on any atom is -0.459 e. The van der Waals surface area contributed by atoms with E-state index in [1.165, 1.54) is 6.26 Å². The van der Waals surface area contributed by atoms with Crippen molar-refractivity contribution in [2.45, 2.75) is 12.5 Å². The van der Waals surface area contributed by atoms with Crippen LogP contribution in [0.25, 0.3) is 0 Å². The Labute approximate surface area is 127 Å². The van der Waals surface area contributed by atoms with E-state index in [1.807, 2.05) is 0 Å². The standard InChI is InChI=1S/C14H15N3O4S/c18-14(12-2-1-6-21-12)17-13-4-3-10(8-15-13)16-11-5-7-22(19,20)9-11/h1-4,6,8,11,16H,5,7,9H2,(H,15,17,18). The Bertz CT molecular complexity index is 754. The zero-order chi connectivity index (χ0) is 15.6. The summed E-state index contributed by atoms with van der Waals surface area (Å²) in [5.41, 5.74) is 0.720. The smallest absolute Gasteiger partial charge is 0.292 e. The fraction of sp³-hybridized carbons (Fsp3) is 0.286. The molecule has 1 saturated heterocycles. The van der Waals surface area contributed by atoms with Gasteiger partial charge in [0, 0.05) is 6.04 Å². The van der Waals surface area contributed by atoms with Gasteiger partial charge in [0.05, 0.1) is 29.7 Å². The van der Waals surface area contributed by atoms with Crippen LogP contribution >= 0.6 is 0 Å². The Kier molecular flexibility index (Phi) is 3.84. The van der Waals surface area contributed by atoms with E-state index in [0.717, 1.165) is 5.69 Å². The third-order valence-electron chi connectivity index (χ3n) is 3.35. The van der Waals surface area contributed by atoms with E-state index < -0.39 is 9.84 Å². The monoisotopic (exact) mass is 321 g/mol. The first-order valence-electron chi connectivity index (χ1n) is 6.80. The highest BCUT2D eigenvalue weighted by Gasteiger charge is 2.27. The van der Waals surface area contributed by atoms with Crippen LogP contribution in [0.3, 0.4) is 0 Å². The van der Waals surface area contributed by atoms with Crippen LogP contribution < -0.4 is 10.6 Å². The van der Waals surface area contributed by atoms with Gasteiger partial charge in [0.1, 0.15) is 5.82 Å². The van der Waals surface area contributed by atoms with Crippen LogP contribution in [0.1, 0.15) is 17.0 Å². The number of rotatable bonds is 4. The Morgan fingerprint density at radius 1 is 1.32 bits per heavy atom. The van der Waals surface area contributed by atoms with Gasteiger partial charge < -0.3 is 15.1 Å². The van der Waals surface area contributed by atoms with E-state index in [0.29, 0.717) is 12.2 Å². The predicted octanol–water partition coefficient (Wildman–Crippen LogP) is 1.53. The van der Waals surface area contributed by atoms with Gasteiger partial charge in [0.2, 0.25) is 0 Å². The average Bonchev–Trinajstić information content (AvgIpc) is 3.11. The molecule has 1 fully saturated rings. The van der Waals surface area contributed by atoms with Gasteiger partial charge in [0.25, 0.3) is 5.91 Å². The lowest BCUT2D eigenvalue weighted by Gasteiger charge is -2.12. The average molecular weight is 321 g/mol. The second kappa shape index (κ2) is 5.80. The first-order valence-corrected chi connectivity index (χ1v) is 8.62. The Balaban J connectivity index is 1.60. The first-order chi connectivity index (χ1) is 10.5. The van der Waals surface area contributed by atoms with Gasteiger partial charge in [-0.05, 0) is 30.7 Å². The Morgan fingerprint density at radius 3 is 2.77 bits per heavy atom.